The molecule has 0 fully saturated rings. The summed E-state index contributed by atoms with van der Waals surface area (Å²) in [6.07, 6.45) is 2.21. The van der Waals surface area contributed by atoms with Crippen molar-refractivity contribution in [2.45, 2.75) is 45.8 Å². The summed E-state index contributed by atoms with van der Waals surface area (Å²) >= 11 is 0. The Hall–Kier alpha value is -2.00. The fourth-order valence-corrected chi connectivity index (χ4v) is 2.56. The third kappa shape index (κ3) is 7.05. The van der Waals surface area contributed by atoms with Crippen LogP contribution in [-0.4, -0.2) is 25.4 Å². The van der Waals surface area contributed by atoms with Crippen LogP contribution in [-0.2, 0) is 11.2 Å². The molecule has 0 radical (unpaired) electrons. The number of benzene rings is 2. The van der Waals surface area contributed by atoms with Gasteiger partial charge in [0.15, 0.2) is 0 Å². The summed E-state index contributed by atoms with van der Waals surface area (Å²) in [7, 11) is 0. The summed E-state index contributed by atoms with van der Waals surface area (Å²) in [5.74, 6) is 1.81. The van der Waals surface area contributed by atoms with E-state index in [1.807, 2.05) is 42.5 Å². The van der Waals surface area contributed by atoms with Gasteiger partial charge in [-0.05, 0) is 57.0 Å². The van der Waals surface area contributed by atoms with Crippen LogP contribution in [0, 0.1) is 0 Å². The fourth-order valence-electron chi connectivity index (χ4n) is 2.56. The van der Waals surface area contributed by atoms with Gasteiger partial charge in [0.1, 0.15) is 11.5 Å². The van der Waals surface area contributed by atoms with Gasteiger partial charge in [-0.2, -0.15) is 0 Å². The van der Waals surface area contributed by atoms with Gasteiger partial charge in [0.05, 0.1) is 25.4 Å². The molecule has 24 heavy (non-hydrogen) atoms. The zero-order valence-electron chi connectivity index (χ0n) is 14.9. The highest BCUT2D eigenvalue weighted by Crippen LogP contribution is 2.16. The third-order valence-corrected chi connectivity index (χ3v) is 3.50. The lowest BCUT2D eigenvalue weighted by molar-refractivity contribution is 0.0194. The van der Waals surface area contributed by atoms with E-state index in [1.54, 1.807) is 0 Å². The van der Waals surface area contributed by atoms with Crippen molar-refractivity contribution in [2.24, 2.45) is 0 Å². The molecule has 0 heterocycles. The molecule has 0 N–H and O–H groups in total. The van der Waals surface area contributed by atoms with Crippen molar-refractivity contribution in [2.75, 3.05) is 13.2 Å². The van der Waals surface area contributed by atoms with Crippen molar-refractivity contribution in [3.8, 4) is 11.5 Å². The molecule has 0 spiro atoms. The Morgan fingerprint density at radius 1 is 0.792 bits per heavy atom. The Bertz CT molecular complexity index is 581. The van der Waals surface area contributed by atoms with Crippen LogP contribution < -0.4 is 9.47 Å². The Morgan fingerprint density at radius 3 is 2.17 bits per heavy atom. The van der Waals surface area contributed by atoms with E-state index in [2.05, 4.69) is 32.9 Å². The second-order valence-corrected chi connectivity index (χ2v) is 6.21. The number of rotatable bonds is 10. The zero-order chi connectivity index (χ0) is 17.2. The van der Waals surface area contributed by atoms with Crippen LogP contribution in [0.4, 0.5) is 0 Å². The summed E-state index contributed by atoms with van der Waals surface area (Å²) < 4.78 is 17.3. The predicted octanol–water partition coefficient (Wildman–Crippen LogP) is 4.89. The van der Waals surface area contributed by atoms with Crippen LogP contribution in [0.15, 0.2) is 54.6 Å². The van der Waals surface area contributed by atoms with Gasteiger partial charge in [-0.15, -0.1) is 0 Å². The molecule has 0 aliphatic carbocycles. The molecule has 0 saturated carbocycles. The molecule has 0 aromatic heterocycles. The largest absolute Gasteiger partial charge is 0.493 e. The van der Waals surface area contributed by atoms with Crippen molar-refractivity contribution >= 4 is 0 Å². The second kappa shape index (κ2) is 9.99. The quantitative estimate of drug-likeness (QED) is 0.581. The van der Waals surface area contributed by atoms with Crippen molar-refractivity contribution in [3.05, 3.63) is 60.2 Å². The standard InChI is InChI=1S/C21H28O3/c1-17(2)24-18(3)15-19-9-7-12-21(16-19)23-14-8-13-22-20-10-5-4-6-11-20/h4-7,9-12,16-18H,8,13-15H2,1-3H3. The third-order valence-electron chi connectivity index (χ3n) is 3.50. The van der Waals surface area contributed by atoms with E-state index in [0.717, 1.165) is 24.3 Å². The van der Waals surface area contributed by atoms with Crippen LogP contribution in [0.5, 0.6) is 11.5 Å². The molecule has 130 valence electrons. The van der Waals surface area contributed by atoms with Gasteiger partial charge in [0.25, 0.3) is 0 Å². The minimum atomic E-state index is 0.208. The highest BCUT2D eigenvalue weighted by molar-refractivity contribution is 5.29. The Balaban J connectivity index is 1.70. The molecule has 3 nitrogen and oxygen atoms in total. The van der Waals surface area contributed by atoms with Crippen molar-refractivity contribution in [3.63, 3.8) is 0 Å². The monoisotopic (exact) mass is 328 g/mol. The van der Waals surface area contributed by atoms with E-state index in [1.165, 1.54) is 5.56 Å². The highest BCUT2D eigenvalue weighted by atomic mass is 16.5. The summed E-state index contributed by atoms with van der Waals surface area (Å²) in [5.41, 5.74) is 1.24. The molecule has 1 unspecified atom stereocenters. The van der Waals surface area contributed by atoms with Crippen LogP contribution >= 0.6 is 0 Å². The number of para-hydroxylation sites is 1. The topological polar surface area (TPSA) is 27.7 Å². The van der Waals surface area contributed by atoms with Gasteiger partial charge in [-0.3, -0.25) is 0 Å². The Kier molecular flexibility index (Phi) is 7.63. The lowest BCUT2D eigenvalue weighted by Gasteiger charge is -2.16. The van der Waals surface area contributed by atoms with Crippen molar-refractivity contribution < 1.29 is 14.2 Å². The molecule has 2 aromatic carbocycles. The van der Waals surface area contributed by atoms with E-state index >= 15 is 0 Å². The van der Waals surface area contributed by atoms with Gasteiger partial charge in [0, 0.05) is 6.42 Å². The molecule has 1 atom stereocenters. The Labute approximate surface area is 145 Å². The second-order valence-electron chi connectivity index (χ2n) is 6.21. The van der Waals surface area contributed by atoms with Gasteiger partial charge >= 0.3 is 0 Å². The zero-order valence-corrected chi connectivity index (χ0v) is 14.9. The first-order chi connectivity index (χ1) is 11.6. The number of ether oxygens (including phenoxy) is 3. The molecule has 0 amide bonds. The van der Waals surface area contributed by atoms with Crippen LogP contribution in [0.2, 0.25) is 0 Å². The maximum Gasteiger partial charge on any atom is 0.119 e. The average molecular weight is 328 g/mol. The maximum atomic E-state index is 5.83. The van der Waals surface area contributed by atoms with Gasteiger partial charge < -0.3 is 14.2 Å². The average Bonchev–Trinajstić information content (AvgIpc) is 2.55. The summed E-state index contributed by atoms with van der Waals surface area (Å²) in [6.45, 7) is 7.53. The van der Waals surface area contributed by atoms with E-state index < -0.39 is 0 Å². The summed E-state index contributed by atoms with van der Waals surface area (Å²) in [6, 6.07) is 18.1. The highest BCUT2D eigenvalue weighted by Gasteiger charge is 2.07. The molecule has 0 saturated heterocycles. The van der Waals surface area contributed by atoms with Crippen molar-refractivity contribution in [1.82, 2.24) is 0 Å². The number of hydrogen-bond acceptors (Lipinski definition) is 3. The first kappa shape index (κ1) is 18.3. The summed E-state index contributed by atoms with van der Waals surface area (Å²) in [5, 5.41) is 0. The SMILES string of the molecule is CC(C)OC(C)Cc1cccc(OCCCOc2ccccc2)c1. The normalized spacial score (nSPS) is 12.2. The lowest BCUT2D eigenvalue weighted by atomic mass is 10.1. The van der Waals surface area contributed by atoms with E-state index in [-0.39, 0.29) is 12.2 Å². The van der Waals surface area contributed by atoms with Crippen LogP contribution in [0.3, 0.4) is 0 Å². The van der Waals surface area contributed by atoms with E-state index in [0.29, 0.717) is 13.2 Å². The summed E-state index contributed by atoms with van der Waals surface area (Å²) in [4.78, 5) is 0. The molecule has 3 heteroatoms. The van der Waals surface area contributed by atoms with Gasteiger partial charge in [-0.1, -0.05) is 30.3 Å². The van der Waals surface area contributed by atoms with Gasteiger partial charge in [0.2, 0.25) is 0 Å². The van der Waals surface area contributed by atoms with E-state index in [4.69, 9.17) is 14.2 Å². The predicted molar refractivity (Wildman–Crippen MR) is 97.9 cm³/mol. The molecule has 2 rings (SSSR count). The first-order valence-electron chi connectivity index (χ1n) is 8.68. The van der Waals surface area contributed by atoms with Crippen molar-refractivity contribution in [1.29, 1.82) is 0 Å². The van der Waals surface area contributed by atoms with Crippen LogP contribution in [0.25, 0.3) is 0 Å². The molecule has 0 aliphatic heterocycles. The number of hydrogen-bond donors (Lipinski definition) is 0. The molecule has 0 bridgehead atoms. The fraction of sp³-hybridized carbons (Fsp3) is 0.429. The Morgan fingerprint density at radius 2 is 1.46 bits per heavy atom. The minimum absolute atomic E-state index is 0.208. The van der Waals surface area contributed by atoms with E-state index in [9.17, 15) is 0 Å². The molecular formula is C21H28O3. The minimum Gasteiger partial charge on any atom is -0.493 e. The molecule has 2 aromatic rings. The molecular weight excluding hydrogens is 300 g/mol. The smallest absolute Gasteiger partial charge is 0.119 e. The van der Waals surface area contributed by atoms with Crippen LogP contribution in [0.1, 0.15) is 32.8 Å². The molecule has 0 aliphatic rings. The van der Waals surface area contributed by atoms with Gasteiger partial charge in [-0.25, -0.2) is 0 Å². The maximum absolute atomic E-state index is 5.83. The first-order valence-corrected chi connectivity index (χ1v) is 8.68. The lowest BCUT2D eigenvalue weighted by Crippen LogP contribution is -2.16.